The molecule has 1 aliphatic rings. The molecular weight excluding hydrogens is 264 g/mol. The highest BCUT2D eigenvalue weighted by molar-refractivity contribution is 5.98. The van der Waals surface area contributed by atoms with E-state index < -0.39 is 5.97 Å². The highest BCUT2D eigenvalue weighted by atomic mass is 16.4. The molecule has 1 aliphatic carbocycles. The molecule has 0 radical (unpaired) electrons. The van der Waals surface area contributed by atoms with Crippen LogP contribution >= 0.6 is 0 Å². The van der Waals surface area contributed by atoms with Crippen molar-refractivity contribution in [1.29, 1.82) is 0 Å². The number of hydrogen-bond donors (Lipinski definition) is 1. The molecule has 0 fully saturated rings. The number of carboxylic acid groups (broad SMARTS) is 1. The van der Waals surface area contributed by atoms with Crippen LogP contribution in [-0.4, -0.2) is 16.9 Å². The summed E-state index contributed by atoms with van der Waals surface area (Å²) in [6.45, 7) is 1.78. The van der Waals surface area contributed by atoms with Crippen molar-refractivity contribution in [3.05, 3.63) is 53.6 Å². The Morgan fingerprint density at radius 3 is 2.48 bits per heavy atom. The minimum atomic E-state index is -0.860. The lowest BCUT2D eigenvalue weighted by Gasteiger charge is -2.11. The number of aliphatic carboxylic acids is 1. The van der Waals surface area contributed by atoms with Crippen LogP contribution in [-0.2, 0) is 4.79 Å². The molecule has 0 aromatic heterocycles. The summed E-state index contributed by atoms with van der Waals surface area (Å²) in [4.78, 5) is 22.8. The van der Waals surface area contributed by atoms with Gasteiger partial charge in [-0.25, -0.2) is 0 Å². The van der Waals surface area contributed by atoms with Crippen LogP contribution in [0, 0.1) is 5.92 Å². The molecule has 3 heteroatoms. The van der Waals surface area contributed by atoms with Gasteiger partial charge in [0, 0.05) is 17.9 Å². The number of Topliss-reactive ketones (excluding diaryl/α,β-unsaturated/α-hetero) is 1. The van der Waals surface area contributed by atoms with Gasteiger partial charge in [-0.15, -0.1) is 0 Å². The summed E-state index contributed by atoms with van der Waals surface area (Å²) in [6.07, 6.45) is 9.01. The average Bonchev–Trinajstić information content (AvgIpc) is 2.53. The van der Waals surface area contributed by atoms with Crippen LogP contribution in [0.2, 0.25) is 0 Å². The van der Waals surface area contributed by atoms with Gasteiger partial charge in [-0.2, -0.15) is 0 Å². The van der Waals surface area contributed by atoms with E-state index >= 15 is 0 Å². The van der Waals surface area contributed by atoms with Crippen LogP contribution < -0.4 is 0 Å². The van der Waals surface area contributed by atoms with E-state index in [-0.39, 0.29) is 18.1 Å². The fourth-order valence-electron chi connectivity index (χ4n) is 2.41. The largest absolute Gasteiger partial charge is 0.481 e. The maximum Gasteiger partial charge on any atom is 0.303 e. The molecule has 0 saturated heterocycles. The van der Waals surface area contributed by atoms with Crippen molar-refractivity contribution in [2.45, 2.75) is 32.6 Å². The molecule has 0 bridgehead atoms. The van der Waals surface area contributed by atoms with Crippen molar-refractivity contribution < 1.29 is 14.7 Å². The Morgan fingerprint density at radius 1 is 1.19 bits per heavy atom. The van der Waals surface area contributed by atoms with E-state index in [4.69, 9.17) is 5.11 Å². The van der Waals surface area contributed by atoms with Gasteiger partial charge < -0.3 is 5.11 Å². The van der Waals surface area contributed by atoms with Crippen molar-refractivity contribution >= 4 is 17.3 Å². The number of rotatable bonds is 6. The minimum Gasteiger partial charge on any atom is -0.481 e. The second-order valence-corrected chi connectivity index (χ2v) is 5.41. The molecule has 0 amide bonds. The zero-order valence-electron chi connectivity index (χ0n) is 12.2. The summed E-state index contributed by atoms with van der Waals surface area (Å²) in [5.41, 5.74) is 2.96. The predicted octanol–water partition coefficient (Wildman–Crippen LogP) is 4.10. The Morgan fingerprint density at radius 2 is 1.90 bits per heavy atom. The third-order valence-electron chi connectivity index (χ3n) is 3.74. The third-order valence-corrected chi connectivity index (χ3v) is 3.74. The molecule has 1 N–H and O–H groups in total. The van der Waals surface area contributed by atoms with Crippen LogP contribution in [0.25, 0.3) is 5.57 Å². The van der Waals surface area contributed by atoms with Crippen LogP contribution in [0.1, 0.15) is 48.5 Å². The first kappa shape index (κ1) is 15.2. The molecule has 0 heterocycles. The molecule has 0 saturated carbocycles. The molecule has 1 aromatic rings. The van der Waals surface area contributed by atoms with E-state index in [0.717, 1.165) is 18.4 Å². The lowest BCUT2D eigenvalue weighted by Crippen LogP contribution is -2.13. The SMILES string of the molecule is CC(CCC(=O)O)C(=O)c1ccc(C2=CCCC=C2)cc1. The summed E-state index contributed by atoms with van der Waals surface area (Å²) in [6, 6.07) is 7.58. The number of carboxylic acids is 1. The second-order valence-electron chi connectivity index (χ2n) is 5.41. The number of allylic oxidation sites excluding steroid dienone is 4. The van der Waals surface area contributed by atoms with Crippen LogP contribution in [0.5, 0.6) is 0 Å². The number of hydrogen-bond acceptors (Lipinski definition) is 2. The molecule has 0 spiro atoms. The Kier molecular flexibility index (Phi) is 5.09. The lowest BCUT2D eigenvalue weighted by molar-refractivity contribution is -0.137. The zero-order valence-corrected chi connectivity index (χ0v) is 12.2. The summed E-state index contributed by atoms with van der Waals surface area (Å²) < 4.78 is 0. The highest BCUT2D eigenvalue weighted by Gasteiger charge is 2.16. The smallest absolute Gasteiger partial charge is 0.303 e. The number of carbonyl (C=O) groups excluding carboxylic acids is 1. The topological polar surface area (TPSA) is 54.4 Å². The quantitative estimate of drug-likeness (QED) is 0.800. The Balaban J connectivity index is 2.04. The van der Waals surface area contributed by atoms with Gasteiger partial charge in [-0.3, -0.25) is 9.59 Å². The molecule has 1 unspecified atom stereocenters. The van der Waals surface area contributed by atoms with Crippen LogP contribution in [0.4, 0.5) is 0 Å². The molecular formula is C18H20O3. The average molecular weight is 284 g/mol. The maximum absolute atomic E-state index is 12.2. The Bertz CT molecular complexity index is 579. The molecule has 2 rings (SSSR count). The number of benzene rings is 1. The molecule has 1 atom stereocenters. The fourth-order valence-corrected chi connectivity index (χ4v) is 2.41. The molecule has 1 aromatic carbocycles. The monoisotopic (exact) mass is 284 g/mol. The third kappa shape index (κ3) is 4.15. The highest BCUT2D eigenvalue weighted by Crippen LogP contribution is 2.22. The van der Waals surface area contributed by atoms with Gasteiger partial charge in [0.15, 0.2) is 5.78 Å². The first-order chi connectivity index (χ1) is 10.1. The number of carbonyl (C=O) groups is 2. The van der Waals surface area contributed by atoms with Gasteiger partial charge in [0.1, 0.15) is 0 Å². The van der Waals surface area contributed by atoms with Crippen molar-refractivity contribution in [1.82, 2.24) is 0 Å². The maximum atomic E-state index is 12.2. The summed E-state index contributed by atoms with van der Waals surface area (Å²) in [5, 5.41) is 8.67. The van der Waals surface area contributed by atoms with E-state index in [1.807, 2.05) is 24.3 Å². The first-order valence-electron chi connectivity index (χ1n) is 7.31. The number of ketones is 1. The molecule has 110 valence electrons. The van der Waals surface area contributed by atoms with Crippen molar-refractivity contribution in [2.75, 3.05) is 0 Å². The van der Waals surface area contributed by atoms with E-state index in [0.29, 0.717) is 12.0 Å². The van der Waals surface area contributed by atoms with Gasteiger partial charge in [-0.05, 0) is 30.4 Å². The zero-order chi connectivity index (χ0) is 15.2. The molecule has 0 aliphatic heterocycles. The van der Waals surface area contributed by atoms with E-state index in [1.165, 1.54) is 5.57 Å². The summed E-state index contributed by atoms with van der Waals surface area (Å²) in [5.74, 6) is -1.11. The predicted molar refractivity (Wildman–Crippen MR) is 83.2 cm³/mol. The fraction of sp³-hybridized carbons (Fsp3) is 0.333. The molecule has 21 heavy (non-hydrogen) atoms. The van der Waals surface area contributed by atoms with E-state index in [9.17, 15) is 9.59 Å². The second kappa shape index (κ2) is 7.02. The van der Waals surface area contributed by atoms with Gasteiger partial charge in [0.2, 0.25) is 0 Å². The molecule has 3 nitrogen and oxygen atoms in total. The van der Waals surface area contributed by atoms with Gasteiger partial charge in [0.25, 0.3) is 0 Å². The Labute approximate surface area is 125 Å². The normalized spacial score (nSPS) is 15.4. The summed E-state index contributed by atoms with van der Waals surface area (Å²) >= 11 is 0. The minimum absolute atomic E-state index is 0.0102. The standard InChI is InChI=1S/C18H20O3/c1-13(7-12-17(19)20)18(21)16-10-8-15(9-11-16)14-5-3-2-4-6-14/h3,5-6,8-11,13H,2,4,7,12H2,1H3,(H,19,20). The van der Waals surface area contributed by atoms with Crippen molar-refractivity contribution in [3.8, 4) is 0 Å². The first-order valence-corrected chi connectivity index (χ1v) is 7.31. The van der Waals surface area contributed by atoms with E-state index in [2.05, 4.69) is 18.2 Å². The van der Waals surface area contributed by atoms with Crippen LogP contribution in [0.15, 0.2) is 42.5 Å². The van der Waals surface area contributed by atoms with E-state index in [1.54, 1.807) is 6.92 Å². The van der Waals surface area contributed by atoms with Crippen molar-refractivity contribution in [3.63, 3.8) is 0 Å². The lowest BCUT2D eigenvalue weighted by atomic mass is 9.93. The van der Waals surface area contributed by atoms with Gasteiger partial charge >= 0.3 is 5.97 Å². The van der Waals surface area contributed by atoms with Gasteiger partial charge in [0.05, 0.1) is 0 Å². The van der Waals surface area contributed by atoms with Crippen molar-refractivity contribution in [2.24, 2.45) is 5.92 Å². The van der Waals surface area contributed by atoms with Gasteiger partial charge in [-0.1, -0.05) is 49.4 Å². The van der Waals surface area contributed by atoms with Crippen LogP contribution in [0.3, 0.4) is 0 Å². The Hall–Kier alpha value is -2.16. The summed E-state index contributed by atoms with van der Waals surface area (Å²) in [7, 11) is 0.